The van der Waals surface area contributed by atoms with E-state index in [1.165, 1.54) is 5.01 Å². The molecule has 2 fully saturated rings. The summed E-state index contributed by atoms with van der Waals surface area (Å²) < 4.78 is 0. The highest BCUT2D eigenvalue weighted by Gasteiger charge is 2.44. The monoisotopic (exact) mass is 550 g/mol. The van der Waals surface area contributed by atoms with Crippen LogP contribution in [0.2, 0.25) is 0 Å². The highest BCUT2D eigenvalue weighted by Crippen LogP contribution is 2.31. The zero-order valence-corrected chi connectivity index (χ0v) is 23.5. The van der Waals surface area contributed by atoms with Crippen molar-refractivity contribution in [2.24, 2.45) is 11.8 Å². The number of aliphatic carboxylic acids is 1. The van der Waals surface area contributed by atoms with E-state index in [1.54, 1.807) is 10.5 Å². The lowest BCUT2D eigenvalue weighted by molar-refractivity contribution is -0.155. The number of hydrazine groups is 2. The van der Waals surface area contributed by atoms with E-state index in [9.17, 15) is 24.3 Å². The maximum Gasteiger partial charge on any atom is 0.327 e. The van der Waals surface area contributed by atoms with Gasteiger partial charge in [0.15, 0.2) is 0 Å². The average molecular weight is 551 g/mol. The number of nitrogens with one attached hydrogen (secondary N) is 3. The molecule has 0 aliphatic carbocycles. The lowest BCUT2D eigenvalue weighted by Crippen LogP contribution is -2.64. The van der Waals surface area contributed by atoms with Crippen LogP contribution in [0, 0.1) is 11.8 Å². The lowest BCUT2D eigenvalue weighted by Gasteiger charge is -2.45. The number of hydroxylamine groups is 1. The summed E-state index contributed by atoms with van der Waals surface area (Å²) in [6.45, 7) is 7.43. The molecule has 0 bridgehead atoms. The second-order valence-electron chi connectivity index (χ2n) is 11.0. The number of fused-ring (bicyclic) bond motifs is 1. The summed E-state index contributed by atoms with van der Waals surface area (Å²) in [5.41, 5.74) is 4.72. The Morgan fingerprint density at radius 1 is 1.10 bits per heavy atom. The van der Waals surface area contributed by atoms with Crippen molar-refractivity contribution in [2.75, 3.05) is 13.1 Å². The van der Waals surface area contributed by atoms with Crippen LogP contribution in [0.25, 0.3) is 0 Å². The van der Waals surface area contributed by atoms with Crippen molar-refractivity contribution in [2.45, 2.75) is 109 Å². The van der Waals surface area contributed by atoms with Crippen molar-refractivity contribution in [1.29, 1.82) is 0 Å². The molecule has 5 N–H and O–H groups in total. The van der Waals surface area contributed by atoms with Crippen molar-refractivity contribution in [1.82, 2.24) is 31.2 Å². The molecule has 0 aromatic heterocycles. The zero-order valence-electron chi connectivity index (χ0n) is 23.5. The lowest BCUT2D eigenvalue weighted by atomic mass is 9.91. The molecule has 220 valence electrons. The molecule has 3 amide bonds. The summed E-state index contributed by atoms with van der Waals surface area (Å²) in [7, 11) is 0. The minimum Gasteiger partial charge on any atom is -0.480 e. The van der Waals surface area contributed by atoms with Crippen LogP contribution < -0.4 is 16.2 Å². The molecule has 2 saturated heterocycles. The summed E-state index contributed by atoms with van der Waals surface area (Å²) >= 11 is 0. The molecule has 6 unspecified atom stereocenters. The first-order valence-electron chi connectivity index (χ1n) is 14.5. The maximum absolute atomic E-state index is 13.8. The molecule has 3 rings (SSSR count). The van der Waals surface area contributed by atoms with Crippen LogP contribution in [-0.2, 0) is 19.2 Å². The molecule has 6 atom stereocenters. The van der Waals surface area contributed by atoms with E-state index in [0.29, 0.717) is 32.4 Å². The quantitative estimate of drug-likeness (QED) is 0.131. The summed E-state index contributed by atoms with van der Waals surface area (Å²) in [6.07, 6.45) is 10.1. The van der Waals surface area contributed by atoms with Crippen LogP contribution in [0.5, 0.6) is 0 Å². The van der Waals surface area contributed by atoms with E-state index in [4.69, 9.17) is 5.21 Å². The highest BCUT2D eigenvalue weighted by molar-refractivity contribution is 5.90. The summed E-state index contributed by atoms with van der Waals surface area (Å²) in [5, 5.41) is 27.2. The number of rotatable bonds is 13. The third kappa shape index (κ3) is 7.49. The Morgan fingerprint density at radius 2 is 1.85 bits per heavy atom. The number of carboxylic acid groups (broad SMARTS) is 1. The number of carbonyl (C=O) groups is 4. The van der Waals surface area contributed by atoms with Gasteiger partial charge in [0.1, 0.15) is 12.1 Å². The number of unbranched alkanes of at least 4 members (excludes halogenated alkanes) is 2. The molecule has 39 heavy (non-hydrogen) atoms. The molecule has 3 heterocycles. The Kier molecular flexibility index (Phi) is 11.6. The maximum atomic E-state index is 13.8. The van der Waals surface area contributed by atoms with Gasteiger partial charge in [-0.25, -0.2) is 20.7 Å². The van der Waals surface area contributed by atoms with Crippen LogP contribution in [-0.4, -0.2) is 86.3 Å². The van der Waals surface area contributed by atoms with E-state index in [0.717, 1.165) is 38.5 Å². The molecular formula is C27H46N6O6. The minimum absolute atomic E-state index is 0.101. The number of hydrogen-bond acceptors (Lipinski definition) is 8. The fraction of sp³-hybridized carbons (Fsp3) is 0.778. The van der Waals surface area contributed by atoms with Crippen LogP contribution in [0.4, 0.5) is 0 Å². The van der Waals surface area contributed by atoms with Gasteiger partial charge >= 0.3 is 5.97 Å². The van der Waals surface area contributed by atoms with Crippen LogP contribution in [0.15, 0.2) is 12.3 Å². The van der Waals surface area contributed by atoms with Gasteiger partial charge < -0.3 is 10.4 Å². The molecule has 0 spiro atoms. The fourth-order valence-corrected chi connectivity index (χ4v) is 5.90. The second kappa shape index (κ2) is 14.6. The first-order chi connectivity index (χ1) is 18.7. The van der Waals surface area contributed by atoms with E-state index < -0.39 is 29.9 Å². The van der Waals surface area contributed by atoms with Crippen molar-refractivity contribution in [3.05, 3.63) is 12.3 Å². The van der Waals surface area contributed by atoms with Crippen molar-refractivity contribution in [3.63, 3.8) is 0 Å². The van der Waals surface area contributed by atoms with E-state index in [1.807, 2.05) is 17.3 Å². The number of carbonyl (C=O) groups excluding carboxylic acids is 3. The smallest absolute Gasteiger partial charge is 0.327 e. The Morgan fingerprint density at radius 3 is 2.51 bits per heavy atom. The predicted molar refractivity (Wildman–Crippen MR) is 144 cm³/mol. The topological polar surface area (TPSA) is 155 Å². The summed E-state index contributed by atoms with van der Waals surface area (Å²) in [4.78, 5) is 51.2. The standard InChI is InChI=1S/C27H46N6O6/c1-4-6-7-10-19(17-23(34)30-39)26(36)33-21(11-8-14-28-33)25(35)29-24(18(3)5-2)20-13-16-32-22(27(37)38)12-9-15-31(20)32/h13,16,18-22,24,28,39H,4-12,14-15,17H2,1-3H3,(H,29,35)(H,30,34)(H,37,38). The largest absolute Gasteiger partial charge is 0.480 e. The third-order valence-electron chi connectivity index (χ3n) is 8.33. The molecule has 0 radical (unpaired) electrons. The SMILES string of the molecule is CCCCCC(CC(=O)NO)C(=O)N1NCCCC1C(=O)NC(C(C)CC)C1C=CN2C(C(=O)O)CCCN12. The van der Waals surface area contributed by atoms with E-state index in [-0.39, 0.29) is 36.2 Å². The molecule has 3 aliphatic rings. The molecule has 0 aromatic carbocycles. The Bertz CT molecular complexity index is 900. The molecular weight excluding hydrogens is 504 g/mol. The fourth-order valence-electron chi connectivity index (χ4n) is 5.90. The van der Waals surface area contributed by atoms with Crippen molar-refractivity contribution in [3.8, 4) is 0 Å². The molecule has 12 heteroatoms. The Labute approximate surface area is 231 Å². The molecule has 3 aliphatic heterocycles. The first kappa shape index (κ1) is 30.8. The van der Waals surface area contributed by atoms with Crippen molar-refractivity contribution < 1.29 is 29.5 Å². The van der Waals surface area contributed by atoms with Crippen LogP contribution >= 0.6 is 0 Å². The number of hydrogen-bond donors (Lipinski definition) is 5. The second-order valence-corrected chi connectivity index (χ2v) is 11.0. The normalized spacial score (nSPS) is 25.5. The van der Waals surface area contributed by atoms with Crippen LogP contribution in [0.1, 0.15) is 85.0 Å². The minimum atomic E-state index is -0.861. The van der Waals surface area contributed by atoms with Gasteiger partial charge in [-0.05, 0) is 44.1 Å². The number of carboxylic acids is 1. The van der Waals surface area contributed by atoms with Gasteiger partial charge in [0, 0.05) is 31.6 Å². The van der Waals surface area contributed by atoms with Gasteiger partial charge in [-0.15, -0.1) is 0 Å². The van der Waals surface area contributed by atoms with Gasteiger partial charge in [0.2, 0.25) is 17.7 Å². The van der Waals surface area contributed by atoms with Gasteiger partial charge in [-0.2, -0.15) is 0 Å². The zero-order chi connectivity index (χ0) is 28.5. The first-order valence-corrected chi connectivity index (χ1v) is 14.5. The van der Waals surface area contributed by atoms with Gasteiger partial charge in [-0.3, -0.25) is 29.6 Å². The summed E-state index contributed by atoms with van der Waals surface area (Å²) in [5.74, 6) is -2.62. The Hall–Kier alpha value is -2.70. The summed E-state index contributed by atoms with van der Waals surface area (Å²) in [6, 6.07) is -1.83. The van der Waals surface area contributed by atoms with E-state index >= 15 is 0 Å². The third-order valence-corrected chi connectivity index (χ3v) is 8.33. The molecule has 0 aromatic rings. The van der Waals surface area contributed by atoms with E-state index in [2.05, 4.69) is 31.5 Å². The van der Waals surface area contributed by atoms with Gasteiger partial charge in [0.05, 0.1) is 12.1 Å². The van der Waals surface area contributed by atoms with Crippen molar-refractivity contribution >= 4 is 23.7 Å². The molecule has 12 nitrogen and oxygen atoms in total. The van der Waals surface area contributed by atoms with Gasteiger partial charge in [-0.1, -0.05) is 46.5 Å². The number of nitrogens with zero attached hydrogens (tertiary/aromatic N) is 3. The molecule has 0 saturated carbocycles. The van der Waals surface area contributed by atoms with Gasteiger partial charge in [0.25, 0.3) is 0 Å². The average Bonchev–Trinajstić information content (AvgIpc) is 3.38. The number of amides is 3. The Balaban J connectivity index is 1.77. The van der Waals surface area contributed by atoms with Crippen LogP contribution in [0.3, 0.4) is 0 Å². The highest BCUT2D eigenvalue weighted by atomic mass is 16.5. The predicted octanol–water partition coefficient (Wildman–Crippen LogP) is 1.77.